The van der Waals surface area contributed by atoms with E-state index in [1.54, 1.807) is 7.05 Å². The summed E-state index contributed by atoms with van der Waals surface area (Å²) >= 11 is 0. The summed E-state index contributed by atoms with van der Waals surface area (Å²) in [7, 11) is -1.83. The van der Waals surface area contributed by atoms with Crippen molar-refractivity contribution in [1.29, 1.82) is 4.78 Å². The lowest BCUT2D eigenvalue weighted by Gasteiger charge is -2.24. The highest BCUT2D eigenvalue weighted by Gasteiger charge is 2.32. The van der Waals surface area contributed by atoms with E-state index < -0.39 is 33.3 Å². The zero-order valence-corrected chi connectivity index (χ0v) is 20.2. The van der Waals surface area contributed by atoms with Crippen LogP contribution in [0.3, 0.4) is 0 Å². The molecule has 3 aromatic rings. The summed E-state index contributed by atoms with van der Waals surface area (Å²) in [5, 5.41) is 2.38. The minimum atomic E-state index is -3.40. The number of hydrogen-bond donors (Lipinski definition) is 3. The van der Waals surface area contributed by atoms with Crippen molar-refractivity contribution < 1.29 is 22.2 Å². The monoisotopic (exact) mass is 504 g/mol. The Hall–Kier alpha value is -3.11. The molecule has 0 aliphatic carbocycles. The van der Waals surface area contributed by atoms with Gasteiger partial charge in [-0.3, -0.25) is 4.79 Å². The van der Waals surface area contributed by atoms with Gasteiger partial charge in [0.1, 0.15) is 15.6 Å². The minimum Gasteiger partial charge on any atom is -0.345 e. The number of halogens is 3. The van der Waals surface area contributed by atoms with E-state index in [-0.39, 0.29) is 28.2 Å². The first-order chi connectivity index (χ1) is 16.6. The summed E-state index contributed by atoms with van der Waals surface area (Å²) < 4.78 is 66.8. The van der Waals surface area contributed by atoms with Crippen molar-refractivity contribution in [2.75, 3.05) is 5.32 Å². The van der Waals surface area contributed by atoms with Crippen LogP contribution < -0.4 is 10.0 Å². The Morgan fingerprint density at radius 3 is 2.54 bits per heavy atom. The van der Waals surface area contributed by atoms with E-state index in [4.69, 9.17) is 4.78 Å². The van der Waals surface area contributed by atoms with Crippen LogP contribution in [0, 0.1) is 28.1 Å². The molecule has 3 N–H and O–H groups in total. The lowest BCUT2D eigenvalue weighted by Crippen LogP contribution is -2.37. The highest BCUT2D eigenvalue weighted by molar-refractivity contribution is 7.90. The summed E-state index contributed by atoms with van der Waals surface area (Å²) in [6.45, 7) is 2.05. The third-order valence-corrected chi connectivity index (χ3v) is 8.06. The average Bonchev–Trinajstić information content (AvgIpc) is 3.09. The second kappa shape index (κ2) is 9.87. The predicted molar refractivity (Wildman–Crippen MR) is 128 cm³/mol. The van der Waals surface area contributed by atoms with Gasteiger partial charge in [0.05, 0.1) is 4.90 Å². The number of benzene rings is 2. The highest BCUT2D eigenvalue weighted by Crippen LogP contribution is 2.31. The van der Waals surface area contributed by atoms with Crippen LogP contribution in [0.4, 0.5) is 18.9 Å². The molecule has 186 valence electrons. The maximum absolute atomic E-state index is 13.6. The van der Waals surface area contributed by atoms with Gasteiger partial charge < -0.3 is 9.88 Å². The molecule has 3 atom stereocenters. The molecule has 1 aliphatic rings. The van der Waals surface area contributed by atoms with Gasteiger partial charge in [-0.2, -0.15) is 0 Å². The topological polar surface area (TPSA) is 87.0 Å². The van der Waals surface area contributed by atoms with Crippen LogP contribution in [-0.2, 0) is 29.8 Å². The van der Waals surface area contributed by atoms with Gasteiger partial charge in [0.15, 0.2) is 17.5 Å². The highest BCUT2D eigenvalue weighted by atomic mass is 32.2. The van der Waals surface area contributed by atoms with Gasteiger partial charge >= 0.3 is 0 Å². The molecule has 35 heavy (non-hydrogen) atoms. The second-order valence-corrected chi connectivity index (χ2v) is 10.7. The van der Waals surface area contributed by atoms with Crippen LogP contribution in [0.1, 0.15) is 41.4 Å². The van der Waals surface area contributed by atoms with Crippen LogP contribution in [0.5, 0.6) is 0 Å². The Balaban J connectivity index is 1.55. The Morgan fingerprint density at radius 1 is 1.23 bits per heavy atom. The fourth-order valence-corrected chi connectivity index (χ4v) is 6.28. The molecule has 10 heteroatoms. The molecule has 6 nitrogen and oxygen atoms in total. The molecule has 0 spiro atoms. The van der Waals surface area contributed by atoms with E-state index in [9.17, 15) is 22.2 Å². The molecule has 1 amide bonds. The van der Waals surface area contributed by atoms with Gasteiger partial charge in [0.2, 0.25) is 0 Å². The normalized spacial score (nSPS) is 20.7. The largest absolute Gasteiger partial charge is 0.345 e. The number of nitrogens with one attached hydrogen (secondary N) is 3. The Labute approximate surface area is 202 Å². The lowest BCUT2D eigenvalue weighted by molar-refractivity contribution is 0.101. The third-order valence-electron chi connectivity index (χ3n) is 6.45. The number of hydrogen-bond acceptors (Lipinski definition) is 3. The fraction of sp³-hybridized carbons (Fsp3) is 0.320. The first-order valence-corrected chi connectivity index (χ1v) is 12.9. The Morgan fingerprint density at radius 2 is 1.89 bits per heavy atom. The number of aryl methyl sites for hydroxylation is 2. The van der Waals surface area contributed by atoms with Gasteiger partial charge in [-0.25, -0.2) is 26.9 Å². The van der Waals surface area contributed by atoms with Crippen LogP contribution in [0.25, 0.3) is 0 Å². The number of rotatable bonds is 6. The predicted octanol–water partition coefficient (Wildman–Crippen LogP) is 5.19. The molecule has 1 aliphatic heterocycles. The van der Waals surface area contributed by atoms with Gasteiger partial charge in [-0.15, -0.1) is 0 Å². The molecule has 0 saturated carbocycles. The maximum atomic E-state index is 13.6. The van der Waals surface area contributed by atoms with Gasteiger partial charge in [-0.1, -0.05) is 37.3 Å². The van der Waals surface area contributed by atoms with E-state index in [0.29, 0.717) is 30.5 Å². The fourth-order valence-electron chi connectivity index (χ4n) is 4.53. The summed E-state index contributed by atoms with van der Waals surface area (Å²) in [6, 6.07) is 11.2. The molecule has 0 bridgehead atoms. The van der Waals surface area contributed by atoms with Gasteiger partial charge in [0.25, 0.3) is 5.91 Å². The van der Waals surface area contributed by atoms with E-state index in [1.807, 2.05) is 18.2 Å². The van der Waals surface area contributed by atoms with Crippen molar-refractivity contribution in [3.63, 3.8) is 0 Å². The Bertz CT molecular complexity index is 1330. The average molecular weight is 505 g/mol. The first kappa shape index (κ1) is 25.0. The third kappa shape index (κ3) is 5.28. The summed E-state index contributed by atoms with van der Waals surface area (Å²) in [6.07, 6.45) is 4.13. The lowest BCUT2D eigenvalue weighted by atomic mass is 9.91. The molecule has 0 radical (unpaired) electrons. The van der Waals surface area contributed by atoms with Crippen LogP contribution in [-0.4, -0.2) is 20.7 Å². The van der Waals surface area contributed by atoms with Crippen molar-refractivity contribution in [1.82, 2.24) is 9.29 Å². The molecule has 0 saturated heterocycles. The Kier molecular flexibility index (Phi) is 7.05. The zero-order chi connectivity index (χ0) is 25.3. The van der Waals surface area contributed by atoms with Crippen molar-refractivity contribution in [3.05, 3.63) is 82.9 Å². The van der Waals surface area contributed by atoms with E-state index in [1.165, 1.54) is 16.3 Å². The number of anilines is 1. The number of nitrogens with zero attached hydrogens (tertiary/aromatic N) is 1. The molecule has 4 rings (SSSR count). The van der Waals surface area contributed by atoms with Gasteiger partial charge in [0, 0.05) is 42.7 Å². The number of carbonyl (C=O) groups is 1. The minimum absolute atomic E-state index is 0.126. The van der Waals surface area contributed by atoms with Crippen molar-refractivity contribution >= 4 is 21.5 Å². The second-order valence-electron chi connectivity index (χ2n) is 8.96. The number of carbonyl (C=O) groups excluding carboxylic acids is 1. The summed E-state index contributed by atoms with van der Waals surface area (Å²) in [5.74, 6) is -5.02. The van der Waals surface area contributed by atoms with Crippen LogP contribution in [0.15, 0.2) is 53.6 Å². The smallest absolute Gasteiger partial charge is 0.272 e. The quantitative estimate of drug-likeness (QED) is 0.404. The number of amides is 1. The molecule has 0 fully saturated rings. The van der Waals surface area contributed by atoms with Gasteiger partial charge in [-0.05, 0) is 37.2 Å². The zero-order valence-electron chi connectivity index (χ0n) is 19.4. The molecule has 2 unspecified atom stereocenters. The van der Waals surface area contributed by atoms with Crippen molar-refractivity contribution in [3.8, 4) is 0 Å². The number of aromatic nitrogens is 1. The SMILES string of the molecule is C[C@@H](CCc1ccccc1)C1CCc2c(cn(C)c2C(=O)Nc2cc(F)c(F)c(F)c2)S(=N)(=O)N1. The van der Waals surface area contributed by atoms with E-state index in [2.05, 4.69) is 29.1 Å². The van der Waals surface area contributed by atoms with Crippen molar-refractivity contribution in [2.45, 2.75) is 43.5 Å². The molecular formula is C25H27F3N4O2S. The van der Waals surface area contributed by atoms with E-state index >= 15 is 0 Å². The summed E-state index contributed by atoms with van der Waals surface area (Å²) in [4.78, 5) is 13.3. The molecule has 2 heterocycles. The molecule has 1 aromatic heterocycles. The van der Waals surface area contributed by atoms with Crippen LogP contribution in [0.2, 0.25) is 0 Å². The molecule has 2 aromatic carbocycles. The summed E-state index contributed by atoms with van der Waals surface area (Å²) in [5.41, 5.74) is 1.56. The maximum Gasteiger partial charge on any atom is 0.272 e. The first-order valence-electron chi connectivity index (χ1n) is 11.3. The molecular weight excluding hydrogens is 477 g/mol. The van der Waals surface area contributed by atoms with Crippen LogP contribution >= 0.6 is 0 Å². The van der Waals surface area contributed by atoms with Crippen molar-refractivity contribution in [2.24, 2.45) is 13.0 Å². The number of fused-ring (bicyclic) bond motifs is 1. The standard InChI is InChI=1S/C25H27F3N4O2S/c1-15(8-9-16-6-4-3-5-7-16)21-11-10-18-22(35(29,34)31-21)14-32(2)24(18)25(33)30-17-12-19(26)23(28)20(27)13-17/h3-7,12-15,21H,8-11H2,1-2H3,(H,30,33)(H2,29,31,34)/t15-,21?,35?/m0/s1. The van der Waals surface area contributed by atoms with E-state index in [0.717, 1.165) is 12.8 Å².